The molecule has 1 aliphatic heterocycles. The van der Waals surface area contributed by atoms with E-state index in [0.29, 0.717) is 36.8 Å². The molecule has 27 heavy (non-hydrogen) atoms. The zero-order chi connectivity index (χ0) is 19.4. The van der Waals surface area contributed by atoms with Crippen LogP contribution in [-0.4, -0.2) is 35.6 Å². The van der Waals surface area contributed by atoms with Gasteiger partial charge in [-0.2, -0.15) is 0 Å². The van der Waals surface area contributed by atoms with Gasteiger partial charge in [-0.05, 0) is 44.0 Å². The molecular weight excluding hydrogens is 364 g/mol. The van der Waals surface area contributed by atoms with Crippen LogP contribution in [0.3, 0.4) is 0 Å². The van der Waals surface area contributed by atoms with Crippen molar-refractivity contribution in [2.45, 2.75) is 32.6 Å². The van der Waals surface area contributed by atoms with E-state index in [1.165, 1.54) is 6.92 Å². The number of carbonyl (C=O) groups is 2. The summed E-state index contributed by atoms with van der Waals surface area (Å²) in [6.45, 7) is 6.52. The van der Waals surface area contributed by atoms with Gasteiger partial charge in [0.2, 0.25) is 11.8 Å². The quantitative estimate of drug-likeness (QED) is 0.729. The standard InChI is InChI=1S/C20H24N2O4S/c1-13-10-18(26-14(13)2)20-22(19(24)12-27-20)8-5-9-25-17-7-4-6-16(11-17)21-15(3)23/h4,6-7,10-11,20H,5,8-9,12H2,1-3H3,(H,21,23). The first-order valence-electron chi connectivity index (χ1n) is 8.92. The molecule has 2 heterocycles. The first-order chi connectivity index (χ1) is 12.9. The number of amides is 2. The number of ether oxygens (including phenoxy) is 1. The monoisotopic (exact) mass is 388 g/mol. The summed E-state index contributed by atoms with van der Waals surface area (Å²) in [5.41, 5.74) is 1.81. The number of benzene rings is 1. The van der Waals surface area contributed by atoms with Crippen LogP contribution >= 0.6 is 11.8 Å². The van der Waals surface area contributed by atoms with Gasteiger partial charge in [0, 0.05) is 25.2 Å². The predicted molar refractivity (Wildman–Crippen MR) is 106 cm³/mol. The summed E-state index contributed by atoms with van der Waals surface area (Å²) in [6, 6.07) is 9.29. The minimum atomic E-state index is -0.119. The van der Waals surface area contributed by atoms with Crippen molar-refractivity contribution in [3.05, 3.63) is 47.4 Å². The van der Waals surface area contributed by atoms with E-state index in [0.717, 1.165) is 17.1 Å². The van der Waals surface area contributed by atoms with Crippen molar-refractivity contribution in [3.8, 4) is 5.75 Å². The van der Waals surface area contributed by atoms with Gasteiger partial charge in [0.15, 0.2) is 0 Å². The molecule has 0 aliphatic carbocycles. The molecule has 1 saturated heterocycles. The Labute approximate surface area is 163 Å². The first kappa shape index (κ1) is 19.4. The smallest absolute Gasteiger partial charge is 0.233 e. The molecule has 2 aromatic rings. The van der Waals surface area contributed by atoms with Crippen molar-refractivity contribution >= 4 is 29.3 Å². The highest BCUT2D eigenvalue weighted by atomic mass is 32.2. The van der Waals surface area contributed by atoms with Gasteiger partial charge in [0.25, 0.3) is 0 Å². The minimum absolute atomic E-state index is 0.0620. The summed E-state index contributed by atoms with van der Waals surface area (Å²) in [7, 11) is 0. The van der Waals surface area contributed by atoms with Gasteiger partial charge >= 0.3 is 0 Å². The molecule has 1 aromatic carbocycles. The summed E-state index contributed by atoms with van der Waals surface area (Å²) in [4.78, 5) is 25.2. The van der Waals surface area contributed by atoms with Crippen LogP contribution in [0.1, 0.15) is 35.8 Å². The number of aryl methyl sites for hydroxylation is 2. The zero-order valence-electron chi connectivity index (χ0n) is 15.8. The summed E-state index contributed by atoms with van der Waals surface area (Å²) in [6.07, 6.45) is 0.714. The Morgan fingerprint density at radius 2 is 2.19 bits per heavy atom. The Morgan fingerprint density at radius 3 is 2.89 bits per heavy atom. The number of carbonyl (C=O) groups excluding carboxylic acids is 2. The third-order valence-corrected chi connectivity index (χ3v) is 5.58. The number of thioether (sulfide) groups is 1. The number of nitrogens with zero attached hydrogens (tertiary/aromatic N) is 1. The molecule has 144 valence electrons. The van der Waals surface area contributed by atoms with E-state index in [1.54, 1.807) is 17.8 Å². The van der Waals surface area contributed by atoms with Gasteiger partial charge < -0.3 is 19.4 Å². The SMILES string of the molecule is CC(=O)Nc1cccc(OCCCN2C(=O)CSC2c2cc(C)c(C)o2)c1. The van der Waals surface area contributed by atoms with E-state index in [-0.39, 0.29) is 17.2 Å². The molecule has 1 atom stereocenters. The number of hydrogen-bond acceptors (Lipinski definition) is 5. The Hall–Kier alpha value is -2.41. The van der Waals surface area contributed by atoms with Crippen molar-refractivity contribution in [1.29, 1.82) is 0 Å². The number of nitrogens with one attached hydrogen (secondary N) is 1. The molecule has 1 N–H and O–H groups in total. The summed E-state index contributed by atoms with van der Waals surface area (Å²) >= 11 is 1.60. The lowest BCUT2D eigenvalue weighted by atomic mass is 10.2. The third kappa shape index (κ3) is 4.86. The van der Waals surface area contributed by atoms with Crippen molar-refractivity contribution < 1.29 is 18.7 Å². The van der Waals surface area contributed by atoms with Crippen LogP contribution in [0.25, 0.3) is 0 Å². The zero-order valence-corrected chi connectivity index (χ0v) is 16.6. The van der Waals surface area contributed by atoms with E-state index in [4.69, 9.17) is 9.15 Å². The molecule has 1 aliphatic rings. The van der Waals surface area contributed by atoms with Gasteiger partial charge in [-0.25, -0.2) is 0 Å². The Bertz CT molecular complexity index is 814. The number of furan rings is 1. The molecule has 0 spiro atoms. The highest BCUT2D eigenvalue weighted by Gasteiger charge is 2.34. The Morgan fingerprint density at radius 1 is 1.37 bits per heavy atom. The highest BCUT2D eigenvalue weighted by molar-refractivity contribution is 8.00. The molecule has 3 rings (SSSR count). The fourth-order valence-corrected chi connectivity index (χ4v) is 4.10. The summed E-state index contributed by atoms with van der Waals surface area (Å²) in [5, 5.41) is 2.67. The topological polar surface area (TPSA) is 71.8 Å². The largest absolute Gasteiger partial charge is 0.493 e. The Kier molecular flexibility index (Phi) is 6.11. The average Bonchev–Trinajstić information content (AvgIpc) is 3.14. The second kappa shape index (κ2) is 8.52. The maximum Gasteiger partial charge on any atom is 0.233 e. The normalized spacial score (nSPS) is 16.6. The van der Waals surface area contributed by atoms with Crippen molar-refractivity contribution in [2.24, 2.45) is 0 Å². The van der Waals surface area contributed by atoms with Gasteiger partial charge in [-0.1, -0.05) is 6.07 Å². The summed E-state index contributed by atoms with van der Waals surface area (Å²) in [5.74, 6) is 2.91. The maximum atomic E-state index is 12.2. The molecule has 0 bridgehead atoms. The summed E-state index contributed by atoms with van der Waals surface area (Å²) < 4.78 is 11.6. The van der Waals surface area contributed by atoms with E-state index in [9.17, 15) is 9.59 Å². The third-order valence-electron chi connectivity index (χ3n) is 4.36. The second-order valence-corrected chi connectivity index (χ2v) is 7.62. The molecule has 1 unspecified atom stereocenters. The molecular formula is C20H24N2O4S. The molecule has 7 heteroatoms. The number of hydrogen-bond donors (Lipinski definition) is 1. The van der Waals surface area contributed by atoms with Crippen LogP contribution in [-0.2, 0) is 9.59 Å². The van der Waals surface area contributed by atoms with E-state index in [1.807, 2.05) is 43.0 Å². The predicted octanol–water partition coefficient (Wildman–Crippen LogP) is 3.90. The lowest BCUT2D eigenvalue weighted by Gasteiger charge is -2.22. The minimum Gasteiger partial charge on any atom is -0.493 e. The van der Waals surface area contributed by atoms with E-state index in [2.05, 4.69) is 5.32 Å². The molecule has 6 nitrogen and oxygen atoms in total. The van der Waals surface area contributed by atoms with Gasteiger partial charge in [0.1, 0.15) is 22.6 Å². The average molecular weight is 388 g/mol. The van der Waals surface area contributed by atoms with Crippen LogP contribution in [0, 0.1) is 13.8 Å². The van der Waals surface area contributed by atoms with Crippen molar-refractivity contribution in [1.82, 2.24) is 4.90 Å². The lowest BCUT2D eigenvalue weighted by molar-refractivity contribution is -0.128. The number of anilines is 1. The molecule has 0 saturated carbocycles. The fraction of sp³-hybridized carbons (Fsp3) is 0.400. The van der Waals surface area contributed by atoms with Crippen LogP contribution in [0.4, 0.5) is 5.69 Å². The van der Waals surface area contributed by atoms with Crippen LogP contribution in [0.2, 0.25) is 0 Å². The first-order valence-corrected chi connectivity index (χ1v) is 9.97. The second-order valence-electron chi connectivity index (χ2n) is 6.55. The lowest BCUT2D eigenvalue weighted by Crippen LogP contribution is -2.30. The molecule has 1 aromatic heterocycles. The van der Waals surface area contributed by atoms with Gasteiger partial charge in [-0.15, -0.1) is 11.8 Å². The maximum absolute atomic E-state index is 12.2. The molecule has 0 radical (unpaired) electrons. The van der Waals surface area contributed by atoms with Crippen molar-refractivity contribution in [2.75, 3.05) is 24.2 Å². The Balaban J connectivity index is 1.53. The van der Waals surface area contributed by atoms with Crippen LogP contribution in [0.15, 0.2) is 34.7 Å². The van der Waals surface area contributed by atoms with Crippen LogP contribution < -0.4 is 10.1 Å². The van der Waals surface area contributed by atoms with E-state index >= 15 is 0 Å². The van der Waals surface area contributed by atoms with Crippen molar-refractivity contribution in [3.63, 3.8) is 0 Å². The molecule has 2 amide bonds. The van der Waals surface area contributed by atoms with E-state index < -0.39 is 0 Å². The van der Waals surface area contributed by atoms with Crippen LogP contribution in [0.5, 0.6) is 5.75 Å². The van der Waals surface area contributed by atoms with Gasteiger partial charge in [-0.3, -0.25) is 9.59 Å². The molecule has 1 fully saturated rings. The fourth-order valence-electron chi connectivity index (χ4n) is 2.95. The van der Waals surface area contributed by atoms with Gasteiger partial charge in [0.05, 0.1) is 12.4 Å². The number of rotatable bonds is 7. The highest BCUT2D eigenvalue weighted by Crippen LogP contribution is 2.40.